The lowest BCUT2D eigenvalue weighted by atomic mass is 10.1. The van der Waals surface area contributed by atoms with Crippen LogP contribution in [0.1, 0.15) is 34.8 Å². The standard InChI is InChI=1S/C16H18BrN3O3/c1-16(2,18)9-19-14(21)10-4-3-5-11(8-10)20-15(22)12-6-7-13(17)23-12/h3-8H,9,18H2,1-2H3,(H,19,21)(H,20,22). The molecular formula is C16H18BrN3O3. The van der Waals surface area contributed by atoms with Crippen LogP contribution in [0.25, 0.3) is 0 Å². The number of halogens is 1. The fourth-order valence-corrected chi connectivity index (χ4v) is 2.08. The number of carbonyl (C=O) groups excluding carboxylic acids is 2. The molecule has 0 aliphatic carbocycles. The van der Waals surface area contributed by atoms with Crippen molar-refractivity contribution in [3.8, 4) is 0 Å². The first-order valence-corrected chi connectivity index (χ1v) is 7.78. The van der Waals surface area contributed by atoms with Crippen molar-refractivity contribution in [2.24, 2.45) is 5.73 Å². The van der Waals surface area contributed by atoms with Gasteiger partial charge in [-0.05, 0) is 60.1 Å². The number of nitrogens with two attached hydrogens (primary N) is 1. The topological polar surface area (TPSA) is 97.4 Å². The van der Waals surface area contributed by atoms with Gasteiger partial charge in [-0.15, -0.1) is 0 Å². The Morgan fingerprint density at radius 2 is 1.96 bits per heavy atom. The zero-order valence-corrected chi connectivity index (χ0v) is 14.4. The lowest BCUT2D eigenvalue weighted by molar-refractivity contribution is 0.0944. The van der Waals surface area contributed by atoms with Gasteiger partial charge < -0.3 is 20.8 Å². The molecule has 4 N–H and O–H groups in total. The smallest absolute Gasteiger partial charge is 0.291 e. The number of nitrogens with one attached hydrogen (secondary N) is 2. The Balaban J connectivity index is 2.04. The van der Waals surface area contributed by atoms with E-state index in [4.69, 9.17) is 10.2 Å². The van der Waals surface area contributed by atoms with Gasteiger partial charge >= 0.3 is 0 Å². The first kappa shape index (κ1) is 17.2. The fraction of sp³-hybridized carbons (Fsp3) is 0.250. The van der Waals surface area contributed by atoms with Gasteiger partial charge in [0.1, 0.15) is 0 Å². The summed E-state index contributed by atoms with van der Waals surface area (Å²) in [6.45, 7) is 4.00. The van der Waals surface area contributed by atoms with Crippen LogP contribution in [0.3, 0.4) is 0 Å². The van der Waals surface area contributed by atoms with Crippen LogP contribution in [0.2, 0.25) is 0 Å². The highest BCUT2D eigenvalue weighted by atomic mass is 79.9. The Morgan fingerprint density at radius 1 is 1.22 bits per heavy atom. The second-order valence-corrected chi connectivity index (χ2v) is 6.59. The minimum Gasteiger partial charge on any atom is -0.444 e. The molecule has 1 aromatic heterocycles. The molecule has 1 aromatic carbocycles. The Bertz CT molecular complexity index is 719. The lowest BCUT2D eigenvalue weighted by Gasteiger charge is -2.19. The number of carbonyl (C=O) groups is 2. The minimum absolute atomic E-state index is 0.177. The quantitative estimate of drug-likeness (QED) is 0.743. The number of furan rings is 1. The maximum atomic E-state index is 12.1. The molecule has 0 radical (unpaired) electrons. The van der Waals surface area contributed by atoms with Gasteiger partial charge in [-0.3, -0.25) is 9.59 Å². The summed E-state index contributed by atoms with van der Waals surface area (Å²) in [6.07, 6.45) is 0. The maximum absolute atomic E-state index is 12.1. The van der Waals surface area contributed by atoms with E-state index in [0.29, 0.717) is 22.5 Å². The highest BCUT2D eigenvalue weighted by Crippen LogP contribution is 2.17. The second-order valence-electron chi connectivity index (χ2n) is 5.81. The first-order valence-electron chi connectivity index (χ1n) is 6.98. The Hall–Kier alpha value is -2.12. The molecule has 1 heterocycles. The zero-order valence-electron chi connectivity index (χ0n) is 12.9. The van der Waals surface area contributed by atoms with Crippen LogP contribution in [-0.2, 0) is 0 Å². The summed E-state index contributed by atoms with van der Waals surface area (Å²) >= 11 is 3.14. The van der Waals surface area contributed by atoms with Crippen LogP contribution in [0.5, 0.6) is 0 Å². The molecule has 0 saturated carbocycles. The molecule has 0 saturated heterocycles. The molecule has 0 unspecified atom stereocenters. The average Bonchev–Trinajstić information content (AvgIpc) is 2.91. The molecule has 0 aliphatic heterocycles. The molecule has 0 bridgehead atoms. The fourth-order valence-electron chi connectivity index (χ4n) is 1.78. The zero-order chi connectivity index (χ0) is 17.0. The number of benzene rings is 1. The van der Waals surface area contributed by atoms with E-state index in [-0.39, 0.29) is 11.7 Å². The van der Waals surface area contributed by atoms with Crippen molar-refractivity contribution in [3.63, 3.8) is 0 Å². The van der Waals surface area contributed by atoms with Crippen LogP contribution >= 0.6 is 15.9 Å². The summed E-state index contributed by atoms with van der Waals surface area (Å²) in [7, 11) is 0. The second kappa shape index (κ2) is 6.97. The van der Waals surface area contributed by atoms with Gasteiger partial charge in [0.15, 0.2) is 10.4 Å². The van der Waals surface area contributed by atoms with E-state index in [0.717, 1.165) is 0 Å². The molecule has 122 valence electrons. The van der Waals surface area contributed by atoms with E-state index in [1.807, 2.05) is 13.8 Å². The van der Waals surface area contributed by atoms with Crippen molar-refractivity contribution in [1.29, 1.82) is 0 Å². The minimum atomic E-state index is -0.492. The third-order valence-electron chi connectivity index (χ3n) is 2.88. The molecule has 0 fully saturated rings. The molecule has 2 rings (SSSR count). The van der Waals surface area contributed by atoms with E-state index < -0.39 is 11.4 Å². The normalized spacial score (nSPS) is 11.1. The Morgan fingerprint density at radius 3 is 2.57 bits per heavy atom. The van der Waals surface area contributed by atoms with Crippen molar-refractivity contribution >= 4 is 33.4 Å². The number of hydrogen-bond acceptors (Lipinski definition) is 4. The van der Waals surface area contributed by atoms with Gasteiger partial charge in [-0.25, -0.2) is 0 Å². The molecule has 7 heteroatoms. The summed E-state index contributed by atoms with van der Waals surface area (Å²) in [5.41, 5.74) is 6.29. The summed E-state index contributed by atoms with van der Waals surface area (Å²) in [6, 6.07) is 9.83. The molecule has 0 atom stereocenters. The summed E-state index contributed by atoms with van der Waals surface area (Å²) in [4.78, 5) is 24.1. The van der Waals surface area contributed by atoms with Gasteiger partial charge in [0.05, 0.1) is 0 Å². The van der Waals surface area contributed by atoms with Crippen LogP contribution in [0, 0.1) is 0 Å². The molecule has 2 aromatic rings. The number of amides is 2. The van der Waals surface area contributed by atoms with Crippen LogP contribution in [0.15, 0.2) is 45.5 Å². The van der Waals surface area contributed by atoms with E-state index in [9.17, 15) is 9.59 Å². The monoisotopic (exact) mass is 379 g/mol. The molecule has 23 heavy (non-hydrogen) atoms. The van der Waals surface area contributed by atoms with E-state index in [2.05, 4.69) is 26.6 Å². The van der Waals surface area contributed by atoms with Gasteiger partial charge in [0.25, 0.3) is 11.8 Å². The molecule has 0 aliphatic rings. The third-order valence-corrected chi connectivity index (χ3v) is 3.31. The van der Waals surface area contributed by atoms with Crippen molar-refractivity contribution in [1.82, 2.24) is 5.32 Å². The lowest BCUT2D eigenvalue weighted by Crippen LogP contribution is -2.45. The van der Waals surface area contributed by atoms with Gasteiger partial charge in [-0.1, -0.05) is 6.07 Å². The highest BCUT2D eigenvalue weighted by Gasteiger charge is 2.15. The van der Waals surface area contributed by atoms with Crippen molar-refractivity contribution in [3.05, 3.63) is 52.4 Å². The van der Waals surface area contributed by atoms with Gasteiger partial charge in [0, 0.05) is 23.3 Å². The average molecular weight is 380 g/mol. The number of anilines is 1. The van der Waals surface area contributed by atoms with E-state index in [1.54, 1.807) is 36.4 Å². The Kier molecular flexibility index (Phi) is 5.23. The van der Waals surface area contributed by atoms with Crippen LogP contribution < -0.4 is 16.4 Å². The molecule has 0 spiro atoms. The first-order chi connectivity index (χ1) is 10.7. The van der Waals surface area contributed by atoms with Crippen LogP contribution in [-0.4, -0.2) is 23.9 Å². The van der Waals surface area contributed by atoms with Crippen LogP contribution in [0.4, 0.5) is 5.69 Å². The van der Waals surface area contributed by atoms with Gasteiger partial charge in [0.2, 0.25) is 0 Å². The predicted molar refractivity (Wildman–Crippen MR) is 91.4 cm³/mol. The van der Waals surface area contributed by atoms with Gasteiger partial charge in [-0.2, -0.15) is 0 Å². The van der Waals surface area contributed by atoms with Crippen molar-refractivity contribution in [2.75, 3.05) is 11.9 Å². The molecule has 6 nitrogen and oxygen atoms in total. The summed E-state index contributed by atoms with van der Waals surface area (Å²) < 4.78 is 5.66. The SMILES string of the molecule is CC(C)(N)CNC(=O)c1cccc(NC(=O)c2ccc(Br)o2)c1. The van der Waals surface area contributed by atoms with E-state index >= 15 is 0 Å². The number of rotatable bonds is 5. The highest BCUT2D eigenvalue weighted by molar-refractivity contribution is 9.10. The van der Waals surface area contributed by atoms with Crippen molar-refractivity contribution < 1.29 is 14.0 Å². The largest absolute Gasteiger partial charge is 0.444 e. The van der Waals surface area contributed by atoms with Crippen molar-refractivity contribution in [2.45, 2.75) is 19.4 Å². The summed E-state index contributed by atoms with van der Waals surface area (Å²) in [5.74, 6) is -0.465. The maximum Gasteiger partial charge on any atom is 0.291 e. The molecular weight excluding hydrogens is 362 g/mol. The predicted octanol–water partition coefficient (Wildman–Crippen LogP) is 2.76. The molecule has 2 amide bonds. The Labute approximate surface area is 142 Å². The number of hydrogen-bond donors (Lipinski definition) is 3. The summed E-state index contributed by atoms with van der Waals surface area (Å²) in [5, 5.41) is 5.43. The third kappa shape index (κ3) is 5.22. The van der Waals surface area contributed by atoms with E-state index in [1.165, 1.54) is 0 Å².